The van der Waals surface area contributed by atoms with E-state index in [4.69, 9.17) is 9.88 Å². The van der Waals surface area contributed by atoms with Gasteiger partial charge in [-0.05, 0) is 26.3 Å². The first kappa shape index (κ1) is 27.9. The molecule has 1 aromatic carbocycles. The number of hydrogen-bond donors (Lipinski definition) is 4. The third-order valence-corrected chi connectivity index (χ3v) is 9.49. The zero-order chi connectivity index (χ0) is 27.2. The van der Waals surface area contributed by atoms with Crippen LogP contribution in [0.1, 0.15) is 31.4 Å². The highest BCUT2D eigenvalue weighted by atomic mass is 32.2. The van der Waals surface area contributed by atoms with Gasteiger partial charge in [0.2, 0.25) is 5.91 Å². The van der Waals surface area contributed by atoms with Gasteiger partial charge in [-0.25, -0.2) is 14.7 Å². The van der Waals surface area contributed by atoms with Gasteiger partial charge in [-0.2, -0.15) is 8.42 Å². The number of thioether (sulfide) groups is 1. The minimum Gasteiger partial charge on any atom is -0.496 e. The van der Waals surface area contributed by atoms with E-state index in [1.807, 2.05) is 32.0 Å². The van der Waals surface area contributed by atoms with E-state index in [1.165, 1.54) is 16.7 Å². The van der Waals surface area contributed by atoms with Crippen LogP contribution in [-0.4, -0.2) is 83.9 Å². The number of aliphatic hydroxyl groups is 1. The smallest absolute Gasteiger partial charge is 0.353 e. The van der Waals surface area contributed by atoms with Gasteiger partial charge in [-0.1, -0.05) is 24.6 Å². The molecule has 204 valence electrons. The molecule has 0 aliphatic carbocycles. The Labute approximate surface area is 221 Å². The number of amides is 1. The van der Waals surface area contributed by atoms with Crippen LogP contribution in [0.3, 0.4) is 0 Å². The van der Waals surface area contributed by atoms with Crippen LogP contribution in [0.2, 0.25) is 0 Å². The second-order valence-electron chi connectivity index (χ2n) is 10.0. The zero-order valence-corrected chi connectivity index (χ0v) is 22.9. The maximum atomic E-state index is 12.7. The number of carboxylic acids is 1. The number of hydrogen-bond acceptors (Lipinski definition) is 8. The van der Waals surface area contributed by atoms with Crippen LogP contribution < -0.4 is 14.6 Å². The lowest BCUT2D eigenvalue weighted by Crippen LogP contribution is -2.63. The Hall–Kier alpha value is -2.16. The summed E-state index contributed by atoms with van der Waals surface area (Å²) in [6, 6.07) is 5.32. The SMILES string of the molecule is COc1ccc(C)cc1CN1C[C@@H](SC2=C(C(=O)O)N3C(=O)[C@H]([C@@H](C)O)[C@H]3[C@H]2C)C[C@H]1CNS(N)(=O)=O. The average Bonchev–Trinajstić information content (AvgIpc) is 3.28. The number of β-lactam (4-membered cyclic amide) rings is 1. The summed E-state index contributed by atoms with van der Waals surface area (Å²) in [5, 5.41) is 25.2. The number of fused-ring (bicyclic) bond motifs is 1. The average molecular weight is 555 g/mol. The highest BCUT2D eigenvalue weighted by Crippen LogP contribution is 2.52. The van der Waals surface area contributed by atoms with Gasteiger partial charge in [0.15, 0.2) is 0 Å². The van der Waals surface area contributed by atoms with Gasteiger partial charge < -0.3 is 19.8 Å². The van der Waals surface area contributed by atoms with E-state index >= 15 is 0 Å². The molecule has 0 spiro atoms. The van der Waals surface area contributed by atoms with Gasteiger partial charge in [-0.3, -0.25) is 9.69 Å². The maximum Gasteiger partial charge on any atom is 0.353 e. The first-order valence-electron chi connectivity index (χ1n) is 12.1. The molecule has 4 rings (SSSR count). The quantitative estimate of drug-likeness (QED) is 0.304. The molecule has 1 amide bonds. The standard InChI is InChI=1S/C24H34N4O7S2/c1-12-5-6-18(35-4)15(7-12)10-27-11-17(8-16(27)9-26-37(25,33)34)36-22-13(2)20-19(14(3)29)23(30)28(20)21(22)24(31)32/h5-7,13-14,16-17,19-20,26,29H,8-11H2,1-4H3,(H,31,32)(H2,25,33,34)/t13-,14-,16+,17+,19-,20-/m1/s1. The number of carbonyl (C=O) groups is 2. The van der Waals surface area contributed by atoms with E-state index in [0.29, 0.717) is 24.4 Å². The molecule has 1 aromatic rings. The van der Waals surface area contributed by atoms with Gasteiger partial charge in [0.1, 0.15) is 11.4 Å². The molecule has 3 aliphatic heterocycles. The second kappa shape index (κ2) is 10.5. The highest BCUT2D eigenvalue weighted by molar-refractivity contribution is 8.03. The number of rotatable bonds is 10. The zero-order valence-electron chi connectivity index (χ0n) is 21.2. The number of aliphatic hydroxyl groups excluding tert-OH is 1. The number of nitrogens with two attached hydrogens (primary N) is 1. The van der Waals surface area contributed by atoms with Crippen molar-refractivity contribution in [1.82, 2.24) is 14.5 Å². The normalized spacial score (nSPS) is 28.9. The van der Waals surface area contributed by atoms with Crippen molar-refractivity contribution in [3.05, 3.63) is 39.9 Å². The number of nitrogens with zero attached hydrogens (tertiary/aromatic N) is 2. The van der Waals surface area contributed by atoms with Crippen molar-refractivity contribution in [3.63, 3.8) is 0 Å². The van der Waals surface area contributed by atoms with Crippen molar-refractivity contribution in [1.29, 1.82) is 0 Å². The van der Waals surface area contributed by atoms with E-state index in [9.17, 15) is 28.2 Å². The molecule has 3 aliphatic rings. The molecule has 2 saturated heterocycles. The number of benzene rings is 1. The predicted molar refractivity (Wildman–Crippen MR) is 139 cm³/mol. The monoisotopic (exact) mass is 554 g/mol. The Kier molecular flexibility index (Phi) is 7.94. The van der Waals surface area contributed by atoms with Crippen LogP contribution in [0.15, 0.2) is 28.8 Å². The molecule has 11 nitrogen and oxygen atoms in total. The summed E-state index contributed by atoms with van der Waals surface area (Å²) in [5.74, 6) is -1.66. The number of likely N-dealkylation sites (tertiary alicyclic amines) is 1. The lowest BCUT2D eigenvalue weighted by molar-refractivity contribution is -0.163. The van der Waals surface area contributed by atoms with Gasteiger partial charge in [0, 0.05) is 47.3 Å². The summed E-state index contributed by atoms with van der Waals surface area (Å²) in [4.78, 5) is 28.9. The lowest BCUT2D eigenvalue weighted by atomic mass is 9.79. The molecule has 3 heterocycles. The molecule has 0 radical (unpaired) electrons. The van der Waals surface area contributed by atoms with E-state index in [1.54, 1.807) is 14.0 Å². The Bertz CT molecular complexity index is 1220. The fourth-order valence-corrected chi connectivity index (χ4v) is 7.77. The first-order chi connectivity index (χ1) is 17.3. The summed E-state index contributed by atoms with van der Waals surface area (Å²) in [6.45, 7) is 6.62. The third kappa shape index (κ3) is 5.52. The maximum absolute atomic E-state index is 12.7. The number of nitrogens with one attached hydrogen (secondary N) is 1. The molecule has 37 heavy (non-hydrogen) atoms. The number of methoxy groups -OCH3 is 1. The molecule has 5 N–H and O–H groups in total. The van der Waals surface area contributed by atoms with Crippen molar-refractivity contribution < 1.29 is 33.0 Å². The number of aryl methyl sites for hydroxylation is 1. The van der Waals surface area contributed by atoms with E-state index < -0.39 is 28.2 Å². The van der Waals surface area contributed by atoms with Crippen molar-refractivity contribution in [2.24, 2.45) is 17.0 Å². The summed E-state index contributed by atoms with van der Waals surface area (Å²) >= 11 is 1.43. The molecule has 0 saturated carbocycles. The Morgan fingerprint density at radius 2 is 2.08 bits per heavy atom. The molecule has 6 atom stereocenters. The largest absolute Gasteiger partial charge is 0.496 e. The van der Waals surface area contributed by atoms with Crippen molar-refractivity contribution in [2.75, 3.05) is 20.2 Å². The molecule has 0 aromatic heterocycles. The summed E-state index contributed by atoms with van der Waals surface area (Å²) < 4.78 is 31.1. The van der Waals surface area contributed by atoms with Crippen molar-refractivity contribution in [3.8, 4) is 5.75 Å². The Morgan fingerprint density at radius 1 is 1.38 bits per heavy atom. The van der Waals surface area contributed by atoms with Crippen LogP contribution in [0.25, 0.3) is 0 Å². The summed E-state index contributed by atoms with van der Waals surface area (Å²) in [7, 11) is -2.29. The Balaban J connectivity index is 1.58. The van der Waals surface area contributed by atoms with Crippen LogP contribution in [0, 0.1) is 18.8 Å². The number of aliphatic carboxylic acids is 1. The van der Waals surface area contributed by atoms with Crippen molar-refractivity contribution in [2.45, 2.75) is 57.2 Å². The van der Waals surface area contributed by atoms with Crippen LogP contribution in [0.4, 0.5) is 0 Å². The topological polar surface area (TPSA) is 162 Å². The van der Waals surface area contributed by atoms with Gasteiger partial charge >= 0.3 is 5.97 Å². The number of ether oxygens (including phenoxy) is 1. The molecular formula is C24H34N4O7S2. The fourth-order valence-electron chi connectivity index (χ4n) is 5.75. The van der Waals surface area contributed by atoms with E-state index in [0.717, 1.165) is 16.9 Å². The second-order valence-corrected chi connectivity index (χ2v) is 12.8. The van der Waals surface area contributed by atoms with Crippen LogP contribution in [-0.2, 0) is 26.3 Å². The molecule has 0 bridgehead atoms. The lowest BCUT2D eigenvalue weighted by Gasteiger charge is -2.46. The highest BCUT2D eigenvalue weighted by Gasteiger charge is 2.60. The predicted octanol–water partition coefficient (Wildman–Crippen LogP) is 0.627. The summed E-state index contributed by atoms with van der Waals surface area (Å²) in [5.41, 5.74) is 2.02. The molecule has 0 unspecified atom stereocenters. The van der Waals surface area contributed by atoms with E-state index in [2.05, 4.69) is 9.62 Å². The third-order valence-electron chi connectivity index (χ3n) is 7.42. The first-order valence-corrected chi connectivity index (χ1v) is 14.5. The van der Waals surface area contributed by atoms with Crippen molar-refractivity contribution >= 4 is 33.8 Å². The minimum atomic E-state index is -3.89. The van der Waals surface area contributed by atoms with Gasteiger partial charge in [-0.15, -0.1) is 11.8 Å². The minimum absolute atomic E-state index is 0.0117. The number of carbonyl (C=O) groups excluding carboxylic acids is 1. The molecular weight excluding hydrogens is 520 g/mol. The number of carboxylic acid groups (broad SMARTS) is 1. The molecule has 13 heteroatoms. The van der Waals surface area contributed by atoms with Gasteiger partial charge in [0.05, 0.1) is 25.2 Å². The Morgan fingerprint density at radius 3 is 2.68 bits per heavy atom. The molecule has 2 fully saturated rings. The van der Waals surface area contributed by atoms with Gasteiger partial charge in [0.25, 0.3) is 10.2 Å². The fraction of sp³-hybridized carbons (Fsp3) is 0.583. The summed E-state index contributed by atoms with van der Waals surface area (Å²) in [6.07, 6.45) is -0.279. The van der Waals surface area contributed by atoms with E-state index in [-0.39, 0.29) is 41.4 Å². The van der Waals surface area contributed by atoms with Crippen LogP contribution in [0.5, 0.6) is 5.75 Å². The van der Waals surface area contributed by atoms with Crippen LogP contribution >= 0.6 is 11.8 Å².